The van der Waals surface area contributed by atoms with Crippen molar-refractivity contribution in [2.45, 2.75) is 11.4 Å². The Bertz CT molecular complexity index is 669. The van der Waals surface area contributed by atoms with Gasteiger partial charge in [-0.05, 0) is 30.3 Å². The Kier molecular flexibility index (Phi) is 4.24. The van der Waals surface area contributed by atoms with E-state index in [1.165, 1.54) is 18.2 Å². The second kappa shape index (κ2) is 5.73. The number of halogens is 1. The summed E-state index contributed by atoms with van der Waals surface area (Å²) in [4.78, 5) is 0.186. The molecule has 0 aliphatic rings. The van der Waals surface area contributed by atoms with Gasteiger partial charge < -0.3 is 5.11 Å². The molecule has 0 bridgehead atoms. The molecular formula is C13H12BrNO3S. The van der Waals surface area contributed by atoms with Crippen molar-refractivity contribution in [2.24, 2.45) is 0 Å². The molecule has 6 heteroatoms. The van der Waals surface area contributed by atoms with E-state index in [2.05, 4.69) is 20.7 Å². The van der Waals surface area contributed by atoms with Crippen LogP contribution in [0.25, 0.3) is 0 Å². The normalized spacial score (nSPS) is 11.4. The monoisotopic (exact) mass is 341 g/mol. The van der Waals surface area contributed by atoms with Crippen LogP contribution in [0.1, 0.15) is 5.56 Å². The summed E-state index contributed by atoms with van der Waals surface area (Å²) in [6, 6.07) is 12.9. The van der Waals surface area contributed by atoms with Crippen LogP contribution in [0.3, 0.4) is 0 Å². The van der Waals surface area contributed by atoms with E-state index in [0.717, 1.165) is 4.47 Å². The summed E-state index contributed by atoms with van der Waals surface area (Å²) in [6.45, 7) is 0.0467. The molecule has 4 nitrogen and oxygen atoms in total. The minimum absolute atomic E-state index is 0.0467. The van der Waals surface area contributed by atoms with E-state index in [0.29, 0.717) is 5.56 Å². The first kappa shape index (κ1) is 14.0. The van der Waals surface area contributed by atoms with Gasteiger partial charge in [0.15, 0.2) is 0 Å². The highest BCUT2D eigenvalue weighted by atomic mass is 79.9. The maximum atomic E-state index is 12.0. The van der Waals surface area contributed by atoms with Crippen LogP contribution in [0.5, 0.6) is 5.75 Å². The lowest BCUT2D eigenvalue weighted by Gasteiger charge is -2.08. The van der Waals surface area contributed by atoms with Crippen LogP contribution in [0.2, 0.25) is 0 Å². The Morgan fingerprint density at radius 1 is 1.05 bits per heavy atom. The van der Waals surface area contributed by atoms with Crippen LogP contribution >= 0.6 is 15.9 Å². The quantitative estimate of drug-likeness (QED) is 0.898. The molecule has 0 aromatic heterocycles. The van der Waals surface area contributed by atoms with E-state index < -0.39 is 10.0 Å². The largest absolute Gasteiger partial charge is 0.508 e. The molecule has 0 fully saturated rings. The van der Waals surface area contributed by atoms with Crippen molar-refractivity contribution in [2.75, 3.05) is 0 Å². The summed E-state index contributed by atoms with van der Waals surface area (Å²) in [5.74, 6) is 0.0704. The third-order valence-corrected chi connectivity index (χ3v) is 4.51. The molecule has 2 aromatic carbocycles. The standard InChI is InChI=1S/C13H12BrNO3S/c14-11-5-7-12(8-6-11)19(17,18)15-9-10-3-1-2-4-13(10)16/h1-8,15-16H,9H2. The summed E-state index contributed by atoms with van der Waals surface area (Å²) >= 11 is 3.25. The van der Waals surface area contributed by atoms with Crippen molar-refractivity contribution in [1.82, 2.24) is 4.72 Å². The average molecular weight is 342 g/mol. The number of aromatic hydroxyl groups is 1. The number of nitrogens with one attached hydrogen (secondary N) is 1. The van der Waals surface area contributed by atoms with Crippen molar-refractivity contribution < 1.29 is 13.5 Å². The van der Waals surface area contributed by atoms with Gasteiger partial charge in [0.25, 0.3) is 0 Å². The summed E-state index contributed by atoms with van der Waals surface area (Å²) in [6.07, 6.45) is 0. The van der Waals surface area contributed by atoms with Crippen LogP contribution in [-0.2, 0) is 16.6 Å². The fourth-order valence-electron chi connectivity index (χ4n) is 1.53. The van der Waals surface area contributed by atoms with Crippen LogP contribution < -0.4 is 4.72 Å². The predicted molar refractivity (Wildman–Crippen MR) is 76.3 cm³/mol. The molecule has 0 atom stereocenters. The van der Waals surface area contributed by atoms with Crippen LogP contribution in [0, 0.1) is 0 Å². The van der Waals surface area contributed by atoms with Gasteiger partial charge in [0.2, 0.25) is 10.0 Å². The first-order valence-corrected chi connectivity index (χ1v) is 7.79. The van der Waals surface area contributed by atoms with Gasteiger partial charge in [0, 0.05) is 16.6 Å². The number of phenols is 1. The Hall–Kier alpha value is -1.37. The lowest BCUT2D eigenvalue weighted by Crippen LogP contribution is -2.23. The zero-order chi connectivity index (χ0) is 13.9. The van der Waals surface area contributed by atoms with E-state index in [1.54, 1.807) is 30.3 Å². The van der Waals surface area contributed by atoms with Gasteiger partial charge in [0.1, 0.15) is 5.75 Å². The second-order valence-corrected chi connectivity index (χ2v) is 6.59. The molecule has 0 spiro atoms. The van der Waals surface area contributed by atoms with Crippen molar-refractivity contribution in [3.05, 3.63) is 58.6 Å². The molecule has 0 aliphatic heterocycles. The van der Waals surface area contributed by atoms with Crippen molar-refractivity contribution >= 4 is 26.0 Å². The van der Waals surface area contributed by atoms with E-state index >= 15 is 0 Å². The molecule has 0 saturated heterocycles. The maximum absolute atomic E-state index is 12.0. The third-order valence-electron chi connectivity index (χ3n) is 2.57. The van der Waals surface area contributed by atoms with Crippen molar-refractivity contribution in [3.63, 3.8) is 0 Å². The summed E-state index contributed by atoms with van der Waals surface area (Å²) in [7, 11) is -3.57. The van der Waals surface area contributed by atoms with E-state index in [4.69, 9.17) is 0 Å². The highest BCUT2D eigenvalue weighted by molar-refractivity contribution is 9.10. The molecule has 0 saturated carbocycles. The molecule has 100 valence electrons. The van der Waals surface area contributed by atoms with Crippen LogP contribution in [-0.4, -0.2) is 13.5 Å². The molecule has 0 heterocycles. The van der Waals surface area contributed by atoms with Gasteiger partial charge >= 0.3 is 0 Å². The van der Waals surface area contributed by atoms with Gasteiger partial charge in [-0.15, -0.1) is 0 Å². The third kappa shape index (κ3) is 3.56. The van der Waals surface area contributed by atoms with Gasteiger partial charge in [0.05, 0.1) is 4.90 Å². The molecular weight excluding hydrogens is 330 g/mol. The highest BCUT2D eigenvalue weighted by Gasteiger charge is 2.14. The Balaban J connectivity index is 2.14. The van der Waals surface area contributed by atoms with Gasteiger partial charge in [-0.2, -0.15) is 0 Å². The first-order valence-electron chi connectivity index (χ1n) is 5.51. The minimum Gasteiger partial charge on any atom is -0.508 e. The molecule has 0 amide bonds. The van der Waals surface area contributed by atoms with E-state index in [1.807, 2.05) is 0 Å². The lowest BCUT2D eigenvalue weighted by molar-refractivity contribution is 0.467. The molecule has 2 rings (SSSR count). The molecule has 0 unspecified atom stereocenters. The smallest absolute Gasteiger partial charge is 0.240 e. The van der Waals surface area contributed by atoms with Gasteiger partial charge in [-0.1, -0.05) is 34.1 Å². The molecule has 0 radical (unpaired) electrons. The zero-order valence-electron chi connectivity index (χ0n) is 9.88. The van der Waals surface area contributed by atoms with Crippen LogP contribution in [0.4, 0.5) is 0 Å². The van der Waals surface area contributed by atoms with Gasteiger partial charge in [-0.25, -0.2) is 13.1 Å². The number of hydrogen-bond acceptors (Lipinski definition) is 3. The Labute approximate surface area is 120 Å². The lowest BCUT2D eigenvalue weighted by atomic mass is 10.2. The topological polar surface area (TPSA) is 66.4 Å². The number of rotatable bonds is 4. The minimum atomic E-state index is -3.57. The van der Waals surface area contributed by atoms with Crippen molar-refractivity contribution in [3.8, 4) is 5.75 Å². The molecule has 2 aromatic rings. The molecule has 19 heavy (non-hydrogen) atoms. The summed E-state index contributed by atoms with van der Waals surface area (Å²) in [5, 5.41) is 9.57. The molecule has 2 N–H and O–H groups in total. The average Bonchev–Trinajstić information content (AvgIpc) is 2.38. The Morgan fingerprint density at radius 2 is 1.68 bits per heavy atom. The Morgan fingerprint density at radius 3 is 2.32 bits per heavy atom. The predicted octanol–water partition coefficient (Wildman–Crippen LogP) is 2.63. The number of benzene rings is 2. The highest BCUT2D eigenvalue weighted by Crippen LogP contribution is 2.18. The fourth-order valence-corrected chi connectivity index (χ4v) is 2.80. The SMILES string of the molecule is O=S(=O)(NCc1ccccc1O)c1ccc(Br)cc1. The summed E-state index contributed by atoms with van der Waals surface area (Å²) < 4.78 is 27.3. The van der Waals surface area contributed by atoms with E-state index in [9.17, 15) is 13.5 Å². The second-order valence-electron chi connectivity index (χ2n) is 3.91. The number of para-hydroxylation sites is 1. The first-order chi connectivity index (χ1) is 8.99. The summed E-state index contributed by atoms with van der Waals surface area (Å²) in [5.41, 5.74) is 0.531. The number of sulfonamides is 1. The maximum Gasteiger partial charge on any atom is 0.240 e. The fraction of sp³-hybridized carbons (Fsp3) is 0.0769. The van der Waals surface area contributed by atoms with Crippen LogP contribution in [0.15, 0.2) is 57.9 Å². The van der Waals surface area contributed by atoms with Gasteiger partial charge in [-0.3, -0.25) is 0 Å². The zero-order valence-corrected chi connectivity index (χ0v) is 12.3. The molecule has 0 aliphatic carbocycles. The number of phenolic OH excluding ortho intramolecular Hbond substituents is 1. The van der Waals surface area contributed by atoms with Crippen molar-refractivity contribution in [1.29, 1.82) is 0 Å². The number of hydrogen-bond donors (Lipinski definition) is 2. The van der Waals surface area contributed by atoms with E-state index in [-0.39, 0.29) is 17.2 Å².